The monoisotopic (exact) mass is 198 g/mol. The SMILES string of the molecule is CN(C)Nc1snc(N)c1C1CC1. The normalized spacial score (nSPS) is 16.5. The van der Waals surface area contributed by atoms with Crippen LogP contribution in [0.4, 0.5) is 10.8 Å². The topological polar surface area (TPSA) is 54.2 Å². The summed E-state index contributed by atoms with van der Waals surface area (Å²) in [6.45, 7) is 0. The predicted molar refractivity (Wildman–Crippen MR) is 55.8 cm³/mol. The van der Waals surface area contributed by atoms with E-state index in [9.17, 15) is 0 Å². The van der Waals surface area contributed by atoms with Crippen LogP contribution < -0.4 is 11.2 Å². The van der Waals surface area contributed by atoms with Gasteiger partial charge in [0.2, 0.25) is 0 Å². The van der Waals surface area contributed by atoms with Crippen LogP contribution >= 0.6 is 11.5 Å². The van der Waals surface area contributed by atoms with Gasteiger partial charge in [0.15, 0.2) is 0 Å². The summed E-state index contributed by atoms with van der Waals surface area (Å²) in [5.74, 6) is 1.36. The van der Waals surface area contributed by atoms with E-state index in [1.54, 1.807) is 0 Å². The highest BCUT2D eigenvalue weighted by atomic mass is 32.1. The third kappa shape index (κ3) is 1.76. The summed E-state index contributed by atoms with van der Waals surface area (Å²) in [6, 6.07) is 0. The highest BCUT2D eigenvalue weighted by molar-refractivity contribution is 7.10. The largest absolute Gasteiger partial charge is 0.383 e. The molecule has 72 valence electrons. The van der Waals surface area contributed by atoms with Gasteiger partial charge in [-0.15, -0.1) is 0 Å². The first-order chi connectivity index (χ1) is 6.18. The Kier molecular flexibility index (Phi) is 2.13. The zero-order valence-electron chi connectivity index (χ0n) is 7.87. The maximum atomic E-state index is 5.80. The first kappa shape index (κ1) is 8.77. The van der Waals surface area contributed by atoms with E-state index >= 15 is 0 Å². The van der Waals surface area contributed by atoms with Crippen molar-refractivity contribution in [3.8, 4) is 0 Å². The summed E-state index contributed by atoms with van der Waals surface area (Å²) in [5.41, 5.74) is 10.2. The minimum absolute atomic E-state index is 0.654. The molecule has 0 amide bonds. The third-order valence-corrected chi connectivity index (χ3v) is 2.85. The molecule has 5 heteroatoms. The summed E-state index contributed by atoms with van der Waals surface area (Å²) in [7, 11) is 3.93. The Morgan fingerprint density at radius 3 is 2.77 bits per heavy atom. The number of hydrogen-bond donors (Lipinski definition) is 2. The van der Waals surface area contributed by atoms with Crippen LogP contribution in [0.25, 0.3) is 0 Å². The zero-order chi connectivity index (χ0) is 9.42. The number of nitrogen functional groups attached to an aromatic ring is 1. The van der Waals surface area contributed by atoms with Gasteiger partial charge in [0, 0.05) is 19.7 Å². The summed E-state index contributed by atoms with van der Waals surface area (Å²) in [5, 5.41) is 3.02. The van der Waals surface area contributed by atoms with Crippen molar-refractivity contribution in [3.63, 3.8) is 0 Å². The van der Waals surface area contributed by atoms with Crippen LogP contribution in [-0.4, -0.2) is 23.5 Å². The molecule has 1 saturated carbocycles. The summed E-state index contributed by atoms with van der Waals surface area (Å²) in [6.07, 6.45) is 2.51. The number of hydrogen-bond acceptors (Lipinski definition) is 5. The van der Waals surface area contributed by atoms with Crippen molar-refractivity contribution < 1.29 is 0 Å². The maximum absolute atomic E-state index is 5.80. The van der Waals surface area contributed by atoms with Crippen molar-refractivity contribution in [2.24, 2.45) is 0 Å². The van der Waals surface area contributed by atoms with E-state index in [1.165, 1.54) is 29.9 Å². The molecule has 13 heavy (non-hydrogen) atoms. The molecule has 4 nitrogen and oxygen atoms in total. The molecule has 1 aliphatic rings. The Bertz CT molecular complexity index is 303. The average molecular weight is 198 g/mol. The van der Waals surface area contributed by atoms with Gasteiger partial charge in [-0.3, -0.25) is 0 Å². The highest BCUT2D eigenvalue weighted by Gasteiger charge is 2.30. The molecule has 1 fully saturated rings. The van der Waals surface area contributed by atoms with Crippen LogP contribution in [0, 0.1) is 0 Å². The minimum atomic E-state index is 0.654. The van der Waals surface area contributed by atoms with E-state index in [0.717, 1.165) is 5.00 Å². The lowest BCUT2D eigenvalue weighted by Gasteiger charge is -2.12. The van der Waals surface area contributed by atoms with Crippen LogP contribution in [-0.2, 0) is 0 Å². The predicted octanol–water partition coefficient (Wildman–Crippen LogP) is 1.49. The number of nitrogens with zero attached hydrogens (tertiary/aromatic N) is 2. The number of nitrogens with one attached hydrogen (secondary N) is 1. The van der Waals surface area contributed by atoms with Crippen LogP contribution in [0.2, 0.25) is 0 Å². The minimum Gasteiger partial charge on any atom is -0.383 e. The maximum Gasteiger partial charge on any atom is 0.142 e. The molecule has 0 saturated heterocycles. The molecule has 1 aliphatic carbocycles. The molecule has 0 radical (unpaired) electrons. The van der Waals surface area contributed by atoms with Gasteiger partial charge in [-0.2, -0.15) is 4.37 Å². The number of anilines is 2. The molecule has 0 aliphatic heterocycles. The van der Waals surface area contributed by atoms with Gasteiger partial charge >= 0.3 is 0 Å². The fourth-order valence-electron chi connectivity index (χ4n) is 1.36. The van der Waals surface area contributed by atoms with Gasteiger partial charge in [0.1, 0.15) is 10.8 Å². The number of hydrazine groups is 1. The molecular formula is C8H14N4S. The van der Waals surface area contributed by atoms with Gasteiger partial charge in [-0.1, -0.05) is 0 Å². The van der Waals surface area contributed by atoms with Gasteiger partial charge in [-0.05, 0) is 30.3 Å². The third-order valence-electron chi connectivity index (χ3n) is 2.07. The van der Waals surface area contributed by atoms with E-state index in [4.69, 9.17) is 5.73 Å². The zero-order valence-corrected chi connectivity index (χ0v) is 8.69. The Balaban J connectivity index is 2.23. The van der Waals surface area contributed by atoms with E-state index in [-0.39, 0.29) is 0 Å². The van der Waals surface area contributed by atoms with Crippen molar-refractivity contribution in [3.05, 3.63) is 5.56 Å². The van der Waals surface area contributed by atoms with Crippen molar-refractivity contribution in [2.75, 3.05) is 25.3 Å². The van der Waals surface area contributed by atoms with E-state index in [0.29, 0.717) is 11.7 Å². The van der Waals surface area contributed by atoms with Gasteiger partial charge < -0.3 is 11.2 Å². The smallest absolute Gasteiger partial charge is 0.142 e. The molecule has 0 unspecified atom stereocenters. The molecule has 1 heterocycles. The van der Waals surface area contributed by atoms with Crippen LogP contribution in [0.5, 0.6) is 0 Å². The molecule has 1 aromatic rings. The standard InChI is InChI=1S/C8H14N4S/c1-12(2)10-8-6(5-3-4-5)7(9)11-13-8/h5,10H,3-4H2,1-2H3,(H2,9,11). The second-order valence-corrected chi connectivity index (χ2v) is 4.36. The molecule has 0 spiro atoms. The summed E-state index contributed by atoms with van der Waals surface area (Å²) < 4.78 is 4.16. The summed E-state index contributed by atoms with van der Waals surface area (Å²) in [4.78, 5) is 0. The van der Waals surface area contributed by atoms with E-state index in [1.807, 2.05) is 19.1 Å². The fraction of sp³-hybridized carbons (Fsp3) is 0.625. The molecule has 3 N–H and O–H groups in total. The lowest BCUT2D eigenvalue weighted by atomic mass is 10.2. The number of rotatable bonds is 3. The van der Waals surface area contributed by atoms with Crippen molar-refractivity contribution >= 4 is 22.4 Å². The van der Waals surface area contributed by atoms with E-state index in [2.05, 4.69) is 9.80 Å². The molecule has 0 aromatic carbocycles. The highest BCUT2D eigenvalue weighted by Crippen LogP contribution is 2.47. The molecular weight excluding hydrogens is 184 g/mol. The lowest BCUT2D eigenvalue weighted by molar-refractivity contribution is 0.496. The molecule has 1 aromatic heterocycles. The van der Waals surface area contributed by atoms with Crippen LogP contribution in [0.1, 0.15) is 24.3 Å². The summed E-state index contributed by atoms with van der Waals surface area (Å²) >= 11 is 1.45. The van der Waals surface area contributed by atoms with Gasteiger partial charge in [0.25, 0.3) is 0 Å². The van der Waals surface area contributed by atoms with Crippen molar-refractivity contribution in [1.82, 2.24) is 9.38 Å². The number of nitrogens with two attached hydrogens (primary N) is 1. The van der Waals surface area contributed by atoms with Gasteiger partial charge in [-0.25, -0.2) is 5.01 Å². The number of aromatic nitrogens is 1. The second kappa shape index (κ2) is 3.16. The Hall–Kier alpha value is -0.810. The Morgan fingerprint density at radius 2 is 2.23 bits per heavy atom. The lowest BCUT2D eigenvalue weighted by Crippen LogP contribution is -2.19. The fourth-order valence-corrected chi connectivity index (χ4v) is 2.24. The first-order valence-corrected chi connectivity index (χ1v) is 5.15. The van der Waals surface area contributed by atoms with Gasteiger partial charge in [0.05, 0.1) is 0 Å². The van der Waals surface area contributed by atoms with Crippen molar-refractivity contribution in [1.29, 1.82) is 0 Å². The van der Waals surface area contributed by atoms with Crippen molar-refractivity contribution in [2.45, 2.75) is 18.8 Å². The molecule has 0 bridgehead atoms. The van der Waals surface area contributed by atoms with E-state index < -0.39 is 0 Å². The molecule has 2 rings (SSSR count). The van der Waals surface area contributed by atoms with Crippen LogP contribution in [0.3, 0.4) is 0 Å². The van der Waals surface area contributed by atoms with Crippen LogP contribution in [0.15, 0.2) is 0 Å². The first-order valence-electron chi connectivity index (χ1n) is 4.37. The average Bonchev–Trinajstić information content (AvgIpc) is 2.79. The molecule has 0 atom stereocenters. The quantitative estimate of drug-likeness (QED) is 0.723. The second-order valence-electron chi connectivity index (χ2n) is 3.59. The Morgan fingerprint density at radius 1 is 1.54 bits per heavy atom. The Labute approximate surface area is 81.9 Å².